The van der Waals surface area contributed by atoms with Crippen LogP contribution in [-0.4, -0.2) is 26.0 Å². The quantitative estimate of drug-likeness (QED) is 0.887. The number of carboxylic acid groups (broad SMARTS) is 1. The minimum absolute atomic E-state index is 0.196. The summed E-state index contributed by atoms with van der Waals surface area (Å²) >= 11 is 0. The minimum Gasteiger partial charge on any atom is -0.478 e. The number of hydrogen-bond donors (Lipinski definition) is 2. The molecule has 0 atom stereocenters. The van der Waals surface area contributed by atoms with Crippen LogP contribution in [0.2, 0.25) is 0 Å². The van der Waals surface area contributed by atoms with Gasteiger partial charge in [-0.3, -0.25) is 0 Å². The number of aryl methyl sites for hydroxylation is 1. The average Bonchev–Trinajstić information content (AvgIpc) is 2.47. The summed E-state index contributed by atoms with van der Waals surface area (Å²) in [5.41, 5.74) is 2.51. The first-order valence-electron chi connectivity index (χ1n) is 6.79. The van der Waals surface area contributed by atoms with Crippen molar-refractivity contribution in [3.05, 3.63) is 53.6 Å². The van der Waals surface area contributed by atoms with Crippen molar-refractivity contribution < 1.29 is 18.3 Å². The van der Waals surface area contributed by atoms with Crippen LogP contribution in [-0.2, 0) is 10.0 Å². The predicted molar refractivity (Wildman–Crippen MR) is 84.4 cm³/mol. The Morgan fingerprint density at radius 3 is 2.50 bits per heavy atom. The highest BCUT2D eigenvalue weighted by Gasteiger charge is 2.14. The van der Waals surface area contributed by atoms with Gasteiger partial charge in [0.15, 0.2) is 0 Å². The van der Waals surface area contributed by atoms with Crippen LogP contribution in [0.4, 0.5) is 0 Å². The van der Waals surface area contributed by atoms with Crippen molar-refractivity contribution in [1.29, 1.82) is 0 Å². The van der Waals surface area contributed by atoms with Gasteiger partial charge >= 0.3 is 5.97 Å². The van der Waals surface area contributed by atoms with E-state index in [1.807, 2.05) is 0 Å². The fourth-order valence-electron chi connectivity index (χ4n) is 2.22. The van der Waals surface area contributed by atoms with Crippen LogP contribution < -0.4 is 4.72 Å². The third-order valence-corrected chi connectivity index (χ3v) is 4.81. The molecule has 2 N–H and O–H groups in total. The summed E-state index contributed by atoms with van der Waals surface area (Å²) < 4.78 is 26.4. The Kier molecular flexibility index (Phi) is 4.63. The van der Waals surface area contributed by atoms with Crippen molar-refractivity contribution >= 4 is 16.0 Å². The van der Waals surface area contributed by atoms with Gasteiger partial charge in [-0.1, -0.05) is 25.1 Å². The standard InChI is InChI=1S/C16H17NO4S/c1-3-17-22(20,21)14-7-8-15(11(2)9-14)12-5-4-6-13(10-12)16(18)19/h4-10,17H,3H2,1-2H3,(H,18,19). The molecule has 0 fully saturated rings. The molecule has 0 radical (unpaired) electrons. The Bertz CT molecular complexity index is 813. The smallest absolute Gasteiger partial charge is 0.335 e. The lowest BCUT2D eigenvalue weighted by Crippen LogP contribution is -2.23. The largest absolute Gasteiger partial charge is 0.478 e. The number of benzene rings is 2. The van der Waals surface area contributed by atoms with Crippen LogP contribution >= 0.6 is 0 Å². The molecular formula is C16H17NO4S. The number of carboxylic acids is 1. The van der Waals surface area contributed by atoms with Crippen LogP contribution in [0.15, 0.2) is 47.4 Å². The molecule has 0 amide bonds. The zero-order valence-electron chi connectivity index (χ0n) is 12.3. The molecule has 2 aromatic carbocycles. The van der Waals surface area contributed by atoms with Crippen molar-refractivity contribution in [3.63, 3.8) is 0 Å². The van der Waals surface area contributed by atoms with Gasteiger partial charge in [0.05, 0.1) is 10.5 Å². The van der Waals surface area contributed by atoms with Crippen LogP contribution in [0.3, 0.4) is 0 Å². The predicted octanol–water partition coefficient (Wildman–Crippen LogP) is 2.66. The van der Waals surface area contributed by atoms with Gasteiger partial charge in [0.1, 0.15) is 0 Å². The fourth-order valence-corrected chi connectivity index (χ4v) is 3.35. The molecule has 2 rings (SSSR count). The van der Waals surface area contributed by atoms with Crippen molar-refractivity contribution in [3.8, 4) is 11.1 Å². The van der Waals surface area contributed by atoms with Crippen molar-refractivity contribution in [1.82, 2.24) is 4.72 Å². The van der Waals surface area contributed by atoms with Crippen molar-refractivity contribution in [2.45, 2.75) is 18.7 Å². The summed E-state index contributed by atoms with van der Waals surface area (Å²) in [7, 11) is -3.50. The second-order valence-corrected chi connectivity index (χ2v) is 6.63. The second-order valence-electron chi connectivity index (χ2n) is 4.86. The Hall–Kier alpha value is -2.18. The molecule has 0 spiro atoms. The van der Waals surface area contributed by atoms with E-state index in [1.54, 1.807) is 44.2 Å². The Labute approximate surface area is 129 Å². The van der Waals surface area contributed by atoms with Crippen LogP contribution in [0, 0.1) is 6.92 Å². The molecule has 0 aliphatic rings. The highest BCUT2D eigenvalue weighted by molar-refractivity contribution is 7.89. The summed E-state index contributed by atoms with van der Waals surface area (Å²) in [6, 6.07) is 11.4. The van der Waals surface area contributed by atoms with E-state index in [-0.39, 0.29) is 10.5 Å². The lowest BCUT2D eigenvalue weighted by molar-refractivity contribution is 0.0697. The van der Waals surface area contributed by atoms with Gasteiger partial charge < -0.3 is 5.11 Å². The topological polar surface area (TPSA) is 83.5 Å². The zero-order valence-corrected chi connectivity index (χ0v) is 13.1. The maximum Gasteiger partial charge on any atom is 0.335 e. The van der Waals surface area contributed by atoms with E-state index >= 15 is 0 Å². The van der Waals surface area contributed by atoms with Gasteiger partial charge in [-0.05, 0) is 47.9 Å². The number of hydrogen-bond acceptors (Lipinski definition) is 3. The van der Waals surface area contributed by atoms with Gasteiger partial charge in [-0.15, -0.1) is 0 Å². The number of nitrogens with one attached hydrogen (secondary N) is 1. The van der Waals surface area contributed by atoms with E-state index in [9.17, 15) is 13.2 Å². The van der Waals surface area contributed by atoms with Crippen LogP contribution in [0.25, 0.3) is 11.1 Å². The Morgan fingerprint density at radius 1 is 1.18 bits per heavy atom. The lowest BCUT2D eigenvalue weighted by atomic mass is 9.99. The first-order valence-corrected chi connectivity index (χ1v) is 8.27. The van der Waals surface area contributed by atoms with Crippen LogP contribution in [0.1, 0.15) is 22.8 Å². The summed E-state index contributed by atoms with van der Waals surface area (Å²) in [6.07, 6.45) is 0. The normalized spacial score (nSPS) is 11.4. The molecule has 0 saturated carbocycles. The van der Waals surface area contributed by atoms with Gasteiger partial charge in [0.2, 0.25) is 10.0 Å². The first-order chi connectivity index (χ1) is 10.3. The van der Waals surface area contributed by atoms with Gasteiger partial charge in [-0.2, -0.15) is 0 Å². The van der Waals surface area contributed by atoms with Gasteiger partial charge in [0, 0.05) is 6.54 Å². The SMILES string of the molecule is CCNS(=O)(=O)c1ccc(-c2cccc(C(=O)O)c2)c(C)c1. The van der Waals surface area contributed by atoms with Gasteiger partial charge in [0.25, 0.3) is 0 Å². The van der Waals surface area contributed by atoms with Gasteiger partial charge in [-0.25, -0.2) is 17.9 Å². The number of carbonyl (C=O) groups is 1. The molecule has 0 aliphatic heterocycles. The highest BCUT2D eigenvalue weighted by atomic mass is 32.2. The third-order valence-electron chi connectivity index (χ3n) is 3.26. The zero-order chi connectivity index (χ0) is 16.3. The molecule has 22 heavy (non-hydrogen) atoms. The van der Waals surface area contributed by atoms with E-state index in [0.29, 0.717) is 6.54 Å². The third kappa shape index (κ3) is 3.35. The fraction of sp³-hybridized carbons (Fsp3) is 0.188. The number of sulfonamides is 1. The molecule has 0 heterocycles. The highest BCUT2D eigenvalue weighted by Crippen LogP contribution is 2.26. The van der Waals surface area contributed by atoms with E-state index in [4.69, 9.17) is 5.11 Å². The maximum absolute atomic E-state index is 12.0. The molecule has 6 heteroatoms. The number of aromatic carboxylic acids is 1. The van der Waals surface area contributed by atoms with E-state index < -0.39 is 16.0 Å². The second kappa shape index (κ2) is 6.29. The van der Waals surface area contributed by atoms with Crippen LogP contribution in [0.5, 0.6) is 0 Å². The molecule has 0 bridgehead atoms. The Morgan fingerprint density at radius 2 is 1.91 bits per heavy atom. The molecule has 0 aromatic heterocycles. The van der Waals surface area contributed by atoms with Crippen molar-refractivity contribution in [2.75, 3.05) is 6.54 Å². The first kappa shape index (κ1) is 16.2. The molecule has 0 aliphatic carbocycles. The average molecular weight is 319 g/mol. The number of rotatable bonds is 5. The summed E-state index contributed by atoms with van der Waals surface area (Å²) in [4.78, 5) is 11.2. The van der Waals surface area contributed by atoms with Crippen molar-refractivity contribution in [2.24, 2.45) is 0 Å². The molecule has 5 nitrogen and oxygen atoms in total. The molecule has 0 saturated heterocycles. The van der Waals surface area contributed by atoms with E-state index in [0.717, 1.165) is 16.7 Å². The molecular weight excluding hydrogens is 302 g/mol. The molecule has 116 valence electrons. The summed E-state index contributed by atoms with van der Waals surface area (Å²) in [6.45, 7) is 3.84. The maximum atomic E-state index is 12.0. The van der Waals surface area contributed by atoms with E-state index in [1.165, 1.54) is 12.1 Å². The minimum atomic E-state index is -3.50. The molecule has 0 unspecified atom stereocenters. The monoisotopic (exact) mass is 319 g/mol. The summed E-state index contributed by atoms with van der Waals surface area (Å²) in [5, 5.41) is 9.05. The molecule has 2 aromatic rings. The lowest BCUT2D eigenvalue weighted by Gasteiger charge is -2.10. The Balaban J connectivity index is 2.47. The van der Waals surface area contributed by atoms with E-state index in [2.05, 4.69) is 4.72 Å². The summed E-state index contributed by atoms with van der Waals surface area (Å²) in [5.74, 6) is -0.995.